The van der Waals surface area contributed by atoms with Gasteiger partial charge in [-0.25, -0.2) is 9.97 Å². The van der Waals surface area contributed by atoms with Gasteiger partial charge in [0.2, 0.25) is 5.95 Å². The van der Waals surface area contributed by atoms with Crippen molar-refractivity contribution in [2.24, 2.45) is 5.73 Å². The van der Waals surface area contributed by atoms with Crippen LogP contribution in [0, 0.1) is 6.92 Å². The zero-order valence-electron chi connectivity index (χ0n) is 8.20. The number of anilines is 1. The van der Waals surface area contributed by atoms with Crippen molar-refractivity contribution in [1.29, 1.82) is 0 Å². The summed E-state index contributed by atoms with van der Waals surface area (Å²) in [5, 5.41) is 0. The molecule has 4 nitrogen and oxygen atoms in total. The average Bonchev–Trinajstić information content (AvgIpc) is 2.14. The first-order valence-corrected chi connectivity index (χ1v) is 4.52. The van der Waals surface area contributed by atoms with E-state index in [2.05, 4.69) is 21.8 Å². The maximum absolute atomic E-state index is 5.48. The number of rotatable bonds is 4. The lowest BCUT2D eigenvalue weighted by Crippen LogP contribution is -2.30. The predicted octanol–water partition coefficient (Wildman–Crippen LogP) is 0.570. The van der Waals surface area contributed by atoms with Crippen LogP contribution in [-0.2, 0) is 0 Å². The van der Waals surface area contributed by atoms with Gasteiger partial charge in [-0.2, -0.15) is 0 Å². The Kier molecular flexibility index (Phi) is 3.64. The molecule has 0 atom stereocenters. The zero-order chi connectivity index (χ0) is 9.68. The summed E-state index contributed by atoms with van der Waals surface area (Å²) >= 11 is 0. The van der Waals surface area contributed by atoms with Crippen LogP contribution in [0.25, 0.3) is 0 Å². The van der Waals surface area contributed by atoms with Crippen LogP contribution in [0.5, 0.6) is 0 Å². The first-order valence-electron chi connectivity index (χ1n) is 4.52. The van der Waals surface area contributed by atoms with Gasteiger partial charge in [-0.15, -0.1) is 0 Å². The number of nitrogens with two attached hydrogens (primary N) is 1. The number of aryl methyl sites for hydroxylation is 1. The minimum Gasteiger partial charge on any atom is -0.340 e. The van der Waals surface area contributed by atoms with Crippen LogP contribution in [-0.4, -0.2) is 29.6 Å². The standard InChI is InChI=1S/C9H16N4/c1-3-13(7-5-10)9-11-6-4-8(2)12-9/h4,6H,3,5,7,10H2,1-2H3. The van der Waals surface area contributed by atoms with Crippen LogP contribution in [0.1, 0.15) is 12.6 Å². The first kappa shape index (κ1) is 9.92. The van der Waals surface area contributed by atoms with Crippen LogP contribution >= 0.6 is 0 Å². The second kappa shape index (κ2) is 4.77. The Labute approximate surface area is 78.8 Å². The van der Waals surface area contributed by atoms with Crippen LogP contribution < -0.4 is 10.6 Å². The summed E-state index contributed by atoms with van der Waals surface area (Å²) in [6.07, 6.45) is 1.77. The van der Waals surface area contributed by atoms with Crippen molar-refractivity contribution >= 4 is 5.95 Å². The highest BCUT2D eigenvalue weighted by Gasteiger charge is 2.04. The van der Waals surface area contributed by atoms with Crippen molar-refractivity contribution in [3.8, 4) is 0 Å². The second-order valence-electron chi connectivity index (χ2n) is 2.87. The van der Waals surface area contributed by atoms with Gasteiger partial charge in [-0.3, -0.25) is 0 Å². The van der Waals surface area contributed by atoms with Crippen LogP contribution in [0.3, 0.4) is 0 Å². The topological polar surface area (TPSA) is 55.0 Å². The smallest absolute Gasteiger partial charge is 0.225 e. The van der Waals surface area contributed by atoms with Gasteiger partial charge in [0.05, 0.1) is 0 Å². The van der Waals surface area contributed by atoms with Crippen molar-refractivity contribution < 1.29 is 0 Å². The van der Waals surface area contributed by atoms with E-state index in [1.54, 1.807) is 6.20 Å². The predicted molar refractivity (Wildman–Crippen MR) is 53.7 cm³/mol. The molecule has 0 amide bonds. The Hall–Kier alpha value is -1.16. The summed E-state index contributed by atoms with van der Waals surface area (Å²) in [6.45, 7) is 6.36. The van der Waals surface area contributed by atoms with Crippen molar-refractivity contribution in [2.45, 2.75) is 13.8 Å². The van der Waals surface area contributed by atoms with Gasteiger partial charge in [0.25, 0.3) is 0 Å². The van der Waals surface area contributed by atoms with Crippen molar-refractivity contribution in [3.05, 3.63) is 18.0 Å². The van der Waals surface area contributed by atoms with Gasteiger partial charge in [-0.1, -0.05) is 0 Å². The molecule has 0 spiro atoms. The van der Waals surface area contributed by atoms with E-state index in [9.17, 15) is 0 Å². The maximum atomic E-state index is 5.48. The molecule has 0 fully saturated rings. The molecule has 0 bridgehead atoms. The third-order valence-electron chi connectivity index (χ3n) is 1.85. The van der Waals surface area contributed by atoms with E-state index in [0.717, 1.165) is 24.7 Å². The Morgan fingerprint density at radius 2 is 2.31 bits per heavy atom. The molecule has 2 N–H and O–H groups in total. The Balaban J connectivity index is 2.78. The lowest BCUT2D eigenvalue weighted by Gasteiger charge is -2.19. The molecule has 1 aromatic heterocycles. The quantitative estimate of drug-likeness (QED) is 0.736. The van der Waals surface area contributed by atoms with Crippen molar-refractivity contribution in [1.82, 2.24) is 9.97 Å². The van der Waals surface area contributed by atoms with E-state index in [0.29, 0.717) is 6.54 Å². The highest BCUT2D eigenvalue weighted by molar-refractivity contribution is 5.29. The molecule has 0 saturated carbocycles. The zero-order valence-corrected chi connectivity index (χ0v) is 8.20. The molecule has 0 aliphatic carbocycles. The molecule has 0 saturated heterocycles. The van der Waals surface area contributed by atoms with E-state index in [1.807, 2.05) is 13.0 Å². The summed E-state index contributed by atoms with van der Waals surface area (Å²) in [4.78, 5) is 10.6. The number of hydrogen-bond donors (Lipinski definition) is 1. The SMILES string of the molecule is CCN(CCN)c1nccc(C)n1. The normalized spacial score (nSPS) is 10.1. The van der Waals surface area contributed by atoms with Crippen LogP contribution in [0.2, 0.25) is 0 Å². The first-order chi connectivity index (χ1) is 6.27. The fraction of sp³-hybridized carbons (Fsp3) is 0.556. The summed E-state index contributed by atoms with van der Waals surface area (Å²) in [5.41, 5.74) is 6.47. The Bertz CT molecular complexity index is 262. The molecule has 1 aromatic rings. The number of hydrogen-bond acceptors (Lipinski definition) is 4. The molecule has 0 unspecified atom stereocenters. The molecule has 1 rings (SSSR count). The minimum atomic E-state index is 0.630. The Morgan fingerprint density at radius 3 is 2.85 bits per heavy atom. The molecule has 0 aliphatic heterocycles. The molecule has 4 heteroatoms. The third kappa shape index (κ3) is 2.66. The number of aromatic nitrogens is 2. The highest BCUT2D eigenvalue weighted by atomic mass is 15.2. The third-order valence-corrected chi connectivity index (χ3v) is 1.85. The largest absolute Gasteiger partial charge is 0.340 e. The van der Waals surface area contributed by atoms with Gasteiger partial charge in [0.1, 0.15) is 0 Å². The molecule has 0 radical (unpaired) electrons. The summed E-state index contributed by atoms with van der Waals surface area (Å²) in [7, 11) is 0. The van der Waals surface area contributed by atoms with E-state index in [1.165, 1.54) is 0 Å². The molecule has 13 heavy (non-hydrogen) atoms. The molecule has 0 aromatic carbocycles. The van der Waals surface area contributed by atoms with Gasteiger partial charge < -0.3 is 10.6 Å². The van der Waals surface area contributed by atoms with Gasteiger partial charge >= 0.3 is 0 Å². The van der Waals surface area contributed by atoms with Crippen molar-refractivity contribution in [3.63, 3.8) is 0 Å². The minimum absolute atomic E-state index is 0.630. The summed E-state index contributed by atoms with van der Waals surface area (Å²) in [5.74, 6) is 0.771. The average molecular weight is 180 g/mol. The number of likely N-dealkylation sites (N-methyl/N-ethyl adjacent to an activating group) is 1. The molecule has 1 heterocycles. The van der Waals surface area contributed by atoms with Gasteiger partial charge in [0, 0.05) is 31.5 Å². The molecular formula is C9H16N4. The Morgan fingerprint density at radius 1 is 1.54 bits per heavy atom. The van der Waals surface area contributed by atoms with Crippen molar-refractivity contribution in [2.75, 3.05) is 24.5 Å². The lowest BCUT2D eigenvalue weighted by molar-refractivity contribution is 0.780. The number of nitrogens with zero attached hydrogens (tertiary/aromatic N) is 3. The molecule has 72 valence electrons. The second-order valence-corrected chi connectivity index (χ2v) is 2.87. The highest BCUT2D eigenvalue weighted by Crippen LogP contribution is 2.05. The summed E-state index contributed by atoms with van der Waals surface area (Å²) in [6, 6.07) is 1.89. The molecular weight excluding hydrogens is 164 g/mol. The van der Waals surface area contributed by atoms with Crippen LogP contribution in [0.4, 0.5) is 5.95 Å². The van der Waals surface area contributed by atoms with Gasteiger partial charge in [0.15, 0.2) is 0 Å². The summed E-state index contributed by atoms with van der Waals surface area (Å²) < 4.78 is 0. The van der Waals surface area contributed by atoms with E-state index >= 15 is 0 Å². The fourth-order valence-corrected chi connectivity index (χ4v) is 1.14. The van der Waals surface area contributed by atoms with E-state index < -0.39 is 0 Å². The van der Waals surface area contributed by atoms with Crippen LogP contribution in [0.15, 0.2) is 12.3 Å². The van der Waals surface area contributed by atoms with Gasteiger partial charge in [-0.05, 0) is 19.9 Å². The fourth-order valence-electron chi connectivity index (χ4n) is 1.14. The maximum Gasteiger partial charge on any atom is 0.225 e. The van der Waals surface area contributed by atoms with E-state index in [4.69, 9.17) is 5.73 Å². The molecule has 0 aliphatic rings. The van der Waals surface area contributed by atoms with E-state index in [-0.39, 0.29) is 0 Å². The monoisotopic (exact) mass is 180 g/mol. The lowest BCUT2D eigenvalue weighted by atomic mass is 10.4.